The monoisotopic (exact) mass is 228 g/mol. The van der Waals surface area contributed by atoms with E-state index in [1.165, 1.54) is 12.1 Å². The zero-order valence-corrected chi connectivity index (χ0v) is 9.93. The summed E-state index contributed by atoms with van der Waals surface area (Å²) in [5, 5.41) is 0. The van der Waals surface area contributed by atoms with Crippen LogP contribution in [0.4, 0.5) is 8.78 Å². The van der Waals surface area contributed by atoms with Gasteiger partial charge in [0.05, 0.1) is 0 Å². The number of nitrogens with two attached hydrogens (primary N) is 1. The van der Waals surface area contributed by atoms with Gasteiger partial charge in [-0.25, -0.2) is 8.78 Å². The van der Waals surface area contributed by atoms with Gasteiger partial charge in [0.15, 0.2) is 0 Å². The molecule has 0 aliphatic rings. The van der Waals surface area contributed by atoms with E-state index in [0.717, 1.165) is 0 Å². The Morgan fingerprint density at radius 2 is 1.94 bits per heavy atom. The third-order valence-electron chi connectivity index (χ3n) is 2.58. The molecular weight excluding hydrogens is 210 g/mol. The second-order valence-corrected chi connectivity index (χ2v) is 4.29. The minimum Gasteiger partial charge on any atom is -0.324 e. The van der Waals surface area contributed by atoms with E-state index in [4.69, 9.17) is 5.73 Å². The summed E-state index contributed by atoms with van der Waals surface area (Å²) in [5.74, 6) is -1.08. The summed E-state index contributed by atoms with van der Waals surface area (Å²) < 4.78 is 27.2. The molecular formula is C12H18F2N2. The fourth-order valence-electron chi connectivity index (χ4n) is 1.56. The van der Waals surface area contributed by atoms with Crippen molar-refractivity contribution in [3.05, 3.63) is 34.9 Å². The minimum atomic E-state index is -0.595. The average molecular weight is 228 g/mol. The quantitative estimate of drug-likeness (QED) is 0.856. The number of halogens is 2. The Kier molecular flexibility index (Phi) is 4.38. The van der Waals surface area contributed by atoms with Gasteiger partial charge in [-0.1, -0.05) is 6.07 Å². The van der Waals surface area contributed by atoms with Crippen molar-refractivity contribution in [2.45, 2.75) is 19.4 Å². The molecule has 16 heavy (non-hydrogen) atoms. The number of nitrogens with zero attached hydrogens (tertiary/aromatic N) is 1. The van der Waals surface area contributed by atoms with Crippen LogP contribution in [-0.2, 0) is 0 Å². The third kappa shape index (κ3) is 3.00. The summed E-state index contributed by atoms with van der Waals surface area (Å²) in [5.41, 5.74) is 6.24. The fourth-order valence-corrected chi connectivity index (χ4v) is 1.56. The first-order valence-corrected chi connectivity index (χ1v) is 5.28. The molecule has 0 bridgehead atoms. The molecule has 0 aromatic heterocycles. The van der Waals surface area contributed by atoms with Crippen molar-refractivity contribution in [2.75, 3.05) is 20.6 Å². The highest BCUT2D eigenvalue weighted by molar-refractivity contribution is 5.29. The van der Waals surface area contributed by atoms with Crippen LogP contribution in [0.1, 0.15) is 23.6 Å². The highest BCUT2D eigenvalue weighted by Crippen LogP contribution is 2.23. The molecule has 0 spiro atoms. The number of benzene rings is 1. The van der Waals surface area contributed by atoms with Gasteiger partial charge in [-0.05, 0) is 45.6 Å². The van der Waals surface area contributed by atoms with Crippen LogP contribution in [0, 0.1) is 18.6 Å². The molecule has 0 radical (unpaired) electrons. The normalized spacial score (nSPS) is 13.2. The van der Waals surface area contributed by atoms with Crippen molar-refractivity contribution in [3.63, 3.8) is 0 Å². The van der Waals surface area contributed by atoms with Gasteiger partial charge in [-0.2, -0.15) is 0 Å². The Balaban J connectivity index is 2.90. The van der Waals surface area contributed by atoms with Gasteiger partial charge in [-0.3, -0.25) is 0 Å². The van der Waals surface area contributed by atoms with Crippen LogP contribution in [-0.4, -0.2) is 25.5 Å². The van der Waals surface area contributed by atoms with Gasteiger partial charge in [0.1, 0.15) is 11.6 Å². The minimum absolute atomic E-state index is 0.00171. The van der Waals surface area contributed by atoms with Crippen molar-refractivity contribution in [1.29, 1.82) is 0 Å². The van der Waals surface area contributed by atoms with E-state index in [9.17, 15) is 8.78 Å². The van der Waals surface area contributed by atoms with Crippen LogP contribution < -0.4 is 5.73 Å². The molecule has 0 saturated heterocycles. The fraction of sp³-hybridized carbons (Fsp3) is 0.500. The summed E-state index contributed by atoms with van der Waals surface area (Å²) in [7, 11) is 3.80. The molecule has 2 nitrogen and oxygen atoms in total. The lowest BCUT2D eigenvalue weighted by Gasteiger charge is -2.17. The number of hydrogen-bond acceptors (Lipinski definition) is 2. The molecule has 1 unspecified atom stereocenters. The van der Waals surface area contributed by atoms with Crippen molar-refractivity contribution in [2.24, 2.45) is 5.73 Å². The molecule has 0 aliphatic heterocycles. The predicted molar refractivity (Wildman–Crippen MR) is 61.2 cm³/mol. The summed E-state index contributed by atoms with van der Waals surface area (Å²) >= 11 is 0. The first-order valence-electron chi connectivity index (χ1n) is 5.28. The molecule has 90 valence electrons. The summed E-state index contributed by atoms with van der Waals surface area (Å²) in [6.45, 7) is 2.31. The number of hydrogen-bond donors (Lipinski definition) is 1. The van der Waals surface area contributed by atoms with Gasteiger partial charge in [0, 0.05) is 11.6 Å². The average Bonchev–Trinajstić information content (AvgIpc) is 2.21. The Morgan fingerprint density at radius 3 is 2.50 bits per heavy atom. The van der Waals surface area contributed by atoms with E-state index < -0.39 is 17.7 Å². The van der Waals surface area contributed by atoms with Gasteiger partial charge in [-0.15, -0.1) is 0 Å². The second kappa shape index (κ2) is 5.37. The lowest BCUT2D eigenvalue weighted by Crippen LogP contribution is -2.22. The highest BCUT2D eigenvalue weighted by atomic mass is 19.1. The SMILES string of the molecule is Cc1ccc(F)c(C(N)CCN(C)C)c1F. The van der Waals surface area contributed by atoms with Crippen molar-refractivity contribution >= 4 is 0 Å². The maximum absolute atomic E-state index is 13.7. The first-order chi connectivity index (χ1) is 7.43. The molecule has 1 aromatic carbocycles. The van der Waals surface area contributed by atoms with E-state index in [0.29, 0.717) is 18.5 Å². The van der Waals surface area contributed by atoms with Crippen molar-refractivity contribution in [1.82, 2.24) is 4.90 Å². The zero-order valence-electron chi connectivity index (χ0n) is 9.93. The molecule has 1 aromatic rings. The van der Waals surface area contributed by atoms with Gasteiger partial charge < -0.3 is 10.6 Å². The lowest BCUT2D eigenvalue weighted by molar-refractivity contribution is 0.375. The molecule has 2 N–H and O–H groups in total. The number of rotatable bonds is 4. The molecule has 0 fully saturated rings. The van der Waals surface area contributed by atoms with E-state index in [-0.39, 0.29) is 5.56 Å². The summed E-state index contributed by atoms with van der Waals surface area (Å²) in [4.78, 5) is 1.94. The van der Waals surface area contributed by atoms with Gasteiger partial charge in [0.25, 0.3) is 0 Å². The smallest absolute Gasteiger partial charge is 0.133 e. The van der Waals surface area contributed by atoms with Crippen LogP contribution in [0.25, 0.3) is 0 Å². The third-order valence-corrected chi connectivity index (χ3v) is 2.58. The maximum atomic E-state index is 13.7. The van der Waals surface area contributed by atoms with Crippen LogP contribution in [0.2, 0.25) is 0 Å². The predicted octanol–water partition coefficient (Wildman–Crippen LogP) is 2.22. The van der Waals surface area contributed by atoms with Crippen molar-refractivity contribution < 1.29 is 8.78 Å². The lowest BCUT2D eigenvalue weighted by atomic mass is 10.0. The van der Waals surface area contributed by atoms with E-state index in [2.05, 4.69) is 0 Å². The number of aryl methyl sites for hydroxylation is 1. The largest absolute Gasteiger partial charge is 0.324 e. The summed E-state index contributed by atoms with van der Waals surface area (Å²) in [6.07, 6.45) is 0.532. The van der Waals surface area contributed by atoms with E-state index in [1.54, 1.807) is 6.92 Å². The molecule has 0 aliphatic carbocycles. The Labute approximate surface area is 95.1 Å². The van der Waals surface area contributed by atoms with Crippen LogP contribution in [0.15, 0.2) is 12.1 Å². The topological polar surface area (TPSA) is 29.3 Å². The van der Waals surface area contributed by atoms with Gasteiger partial charge in [0.2, 0.25) is 0 Å². The van der Waals surface area contributed by atoms with Gasteiger partial charge >= 0.3 is 0 Å². The maximum Gasteiger partial charge on any atom is 0.133 e. The van der Waals surface area contributed by atoms with Crippen LogP contribution >= 0.6 is 0 Å². The summed E-state index contributed by atoms with van der Waals surface area (Å²) in [6, 6.07) is 2.10. The second-order valence-electron chi connectivity index (χ2n) is 4.29. The standard InChI is InChI=1S/C12H18F2N2/c1-8-4-5-9(13)11(12(8)14)10(15)6-7-16(2)3/h4-5,10H,6-7,15H2,1-3H3. The zero-order chi connectivity index (χ0) is 12.3. The highest BCUT2D eigenvalue weighted by Gasteiger charge is 2.18. The first kappa shape index (κ1) is 13.1. The Morgan fingerprint density at radius 1 is 1.31 bits per heavy atom. The van der Waals surface area contributed by atoms with E-state index in [1.807, 2.05) is 19.0 Å². The molecule has 4 heteroatoms. The van der Waals surface area contributed by atoms with Crippen LogP contribution in [0.3, 0.4) is 0 Å². The molecule has 0 amide bonds. The molecule has 0 heterocycles. The van der Waals surface area contributed by atoms with Crippen molar-refractivity contribution in [3.8, 4) is 0 Å². The Bertz CT molecular complexity index is 364. The molecule has 0 saturated carbocycles. The van der Waals surface area contributed by atoms with Crippen LogP contribution in [0.5, 0.6) is 0 Å². The molecule has 1 rings (SSSR count). The molecule has 1 atom stereocenters. The Hall–Kier alpha value is -1.00. The van der Waals surface area contributed by atoms with E-state index >= 15 is 0 Å².